The Kier molecular flexibility index (Phi) is 4.57. The molecule has 5 nitrogen and oxygen atoms in total. The molecule has 3 rings (SSSR count). The van der Waals surface area contributed by atoms with E-state index in [1.54, 1.807) is 11.3 Å². The van der Waals surface area contributed by atoms with Crippen molar-refractivity contribution in [2.45, 2.75) is 12.6 Å². The second-order valence-electron chi connectivity index (χ2n) is 5.84. The number of hydrogen-bond acceptors (Lipinski definition) is 5. The first-order valence-corrected chi connectivity index (χ1v) is 8.33. The second kappa shape index (κ2) is 6.60. The van der Waals surface area contributed by atoms with Crippen LogP contribution in [0.3, 0.4) is 0 Å². The quantitative estimate of drug-likeness (QED) is 0.855. The van der Waals surface area contributed by atoms with E-state index in [4.69, 9.17) is 0 Å². The zero-order chi connectivity index (χ0) is 14.7. The van der Waals surface area contributed by atoms with Crippen LogP contribution in [-0.2, 0) is 6.54 Å². The summed E-state index contributed by atoms with van der Waals surface area (Å²) in [7, 11) is 4.28. The van der Waals surface area contributed by atoms with Crippen LogP contribution < -0.4 is 10.6 Å². The average molecular weight is 305 g/mol. The highest BCUT2D eigenvalue weighted by atomic mass is 32.1. The van der Waals surface area contributed by atoms with Gasteiger partial charge in [-0.1, -0.05) is 0 Å². The van der Waals surface area contributed by atoms with Crippen LogP contribution in [0.15, 0.2) is 29.1 Å². The number of likely N-dealkylation sites (N-methyl/N-ethyl adjacent to an activating group) is 1. The Hall–Kier alpha value is -1.37. The molecule has 0 amide bonds. The zero-order valence-corrected chi connectivity index (χ0v) is 13.4. The summed E-state index contributed by atoms with van der Waals surface area (Å²) in [6.45, 7) is 4.00. The SMILES string of the molecule is CN(C)C(CNCC1CNc2ccnn2C1)c1ccsc1. The van der Waals surface area contributed by atoms with Gasteiger partial charge < -0.3 is 15.5 Å². The van der Waals surface area contributed by atoms with Gasteiger partial charge in [0.2, 0.25) is 0 Å². The van der Waals surface area contributed by atoms with E-state index in [0.717, 1.165) is 32.0 Å². The first-order valence-electron chi connectivity index (χ1n) is 7.39. The van der Waals surface area contributed by atoms with Crippen molar-refractivity contribution in [2.75, 3.05) is 39.0 Å². The Morgan fingerprint density at radius 2 is 2.43 bits per heavy atom. The molecule has 0 saturated heterocycles. The third-order valence-corrected chi connectivity index (χ3v) is 4.74. The molecular formula is C15H23N5S. The van der Waals surface area contributed by atoms with Gasteiger partial charge in [0.15, 0.2) is 0 Å². The van der Waals surface area contributed by atoms with Crippen LogP contribution >= 0.6 is 11.3 Å². The largest absolute Gasteiger partial charge is 0.370 e. The van der Waals surface area contributed by atoms with Crippen LogP contribution in [0.25, 0.3) is 0 Å². The molecule has 0 saturated carbocycles. The van der Waals surface area contributed by atoms with Crippen LogP contribution in [-0.4, -0.2) is 48.4 Å². The fourth-order valence-corrected chi connectivity index (χ4v) is 3.52. The van der Waals surface area contributed by atoms with Crippen molar-refractivity contribution in [3.05, 3.63) is 34.7 Å². The molecule has 2 aromatic heterocycles. The molecule has 21 heavy (non-hydrogen) atoms. The average Bonchev–Trinajstić information content (AvgIpc) is 3.13. The summed E-state index contributed by atoms with van der Waals surface area (Å²) in [4.78, 5) is 2.28. The van der Waals surface area contributed by atoms with Crippen LogP contribution in [0.2, 0.25) is 0 Å². The monoisotopic (exact) mass is 305 g/mol. The summed E-state index contributed by atoms with van der Waals surface area (Å²) >= 11 is 1.76. The van der Waals surface area contributed by atoms with E-state index in [2.05, 4.69) is 56.2 Å². The van der Waals surface area contributed by atoms with Gasteiger partial charge in [0, 0.05) is 44.2 Å². The number of fused-ring (bicyclic) bond motifs is 1. The third-order valence-electron chi connectivity index (χ3n) is 4.04. The number of thiophene rings is 1. The number of aromatic nitrogens is 2. The molecule has 114 valence electrons. The lowest BCUT2D eigenvalue weighted by Crippen LogP contribution is -2.38. The maximum Gasteiger partial charge on any atom is 0.124 e. The highest BCUT2D eigenvalue weighted by Gasteiger charge is 2.19. The van der Waals surface area contributed by atoms with Crippen molar-refractivity contribution >= 4 is 17.2 Å². The van der Waals surface area contributed by atoms with Gasteiger partial charge in [-0.3, -0.25) is 0 Å². The molecule has 1 aliphatic rings. The summed E-state index contributed by atoms with van der Waals surface area (Å²) in [5.74, 6) is 1.72. The fraction of sp³-hybridized carbons (Fsp3) is 0.533. The van der Waals surface area contributed by atoms with E-state index in [-0.39, 0.29) is 0 Å². The highest BCUT2D eigenvalue weighted by molar-refractivity contribution is 7.07. The number of nitrogens with one attached hydrogen (secondary N) is 2. The predicted molar refractivity (Wildman–Crippen MR) is 87.8 cm³/mol. The molecule has 2 unspecified atom stereocenters. The summed E-state index contributed by atoms with van der Waals surface area (Å²) < 4.78 is 2.05. The lowest BCUT2D eigenvalue weighted by molar-refractivity contribution is 0.280. The van der Waals surface area contributed by atoms with Gasteiger partial charge in [-0.25, -0.2) is 4.68 Å². The summed E-state index contributed by atoms with van der Waals surface area (Å²) in [5, 5.41) is 15.8. The minimum atomic E-state index is 0.438. The zero-order valence-electron chi connectivity index (χ0n) is 12.6. The van der Waals surface area contributed by atoms with Crippen molar-refractivity contribution < 1.29 is 0 Å². The molecule has 0 aromatic carbocycles. The molecule has 0 fully saturated rings. The van der Waals surface area contributed by atoms with E-state index in [1.165, 1.54) is 5.56 Å². The standard InChI is InChI=1S/C15H23N5S/c1-19(2)14(13-4-6-21-11-13)9-16-7-12-8-17-15-3-5-18-20(15)10-12/h3-6,11-12,14,16-17H,7-10H2,1-2H3. The van der Waals surface area contributed by atoms with E-state index in [1.807, 2.05) is 12.3 Å². The Bertz CT molecular complexity index is 548. The molecule has 3 heterocycles. The van der Waals surface area contributed by atoms with Gasteiger partial charge in [-0.2, -0.15) is 16.4 Å². The second-order valence-corrected chi connectivity index (χ2v) is 6.62. The van der Waals surface area contributed by atoms with Crippen LogP contribution in [0.5, 0.6) is 0 Å². The lowest BCUT2D eigenvalue weighted by Gasteiger charge is -2.28. The van der Waals surface area contributed by atoms with E-state index in [0.29, 0.717) is 12.0 Å². The first kappa shape index (κ1) is 14.6. The Morgan fingerprint density at radius 1 is 1.52 bits per heavy atom. The van der Waals surface area contributed by atoms with Crippen molar-refractivity contribution in [2.24, 2.45) is 5.92 Å². The van der Waals surface area contributed by atoms with Gasteiger partial charge in [0.25, 0.3) is 0 Å². The molecule has 0 radical (unpaired) electrons. The minimum absolute atomic E-state index is 0.438. The Balaban J connectivity index is 1.49. The molecule has 6 heteroatoms. The fourth-order valence-electron chi connectivity index (χ4n) is 2.81. The van der Waals surface area contributed by atoms with Crippen molar-refractivity contribution in [3.63, 3.8) is 0 Å². The van der Waals surface area contributed by atoms with Gasteiger partial charge >= 0.3 is 0 Å². The number of anilines is 1. The highest BCUT2D eigenvalue weighted by Crippen LogP contribution is 2.20. The summed E-state index contributed by atoms with van der Waals surface area (Å²) in [5.41, 5.74) is 1.40. The topological polar surface area (TPSA) is 45.1 Å². The maximum absolute atomic E-state index is 4.34. The van der Waals surface area contributed by atoms with E-state index < -0.39 is 0 Å². The van der Waals surface area contributed by atoms with Crippen molar-refractivity contribution in [1.82, 2.24) is 20.0 Å². The van der Waals surface area contributed by atoms with Gasteiger partial charge in [-0.15, -0.1) is 0 Å². The smallest absolute Gasteiger partial charge is 0.124 e. The minimum Gasteiger partial charge on any atom is -0.370 e. The van der Waals surface area contributed by atoms with Crippen molar-refractivity contribution in [1.29, 1.82) is 0 Å². The predicted octanol–water partition coefficient (Wildman–Crippen LogP) is 1.88. The molecule has 2 atom stereocenters. The Labute approximate surface area is 130 Å². The van der Waals surface area contributed by atoms with Gasteiger partial charge in [0.1, 0.15) is 5.82 Å². The van der Waals surface area contributed by atoms with Crippen molar-refractivity contribution in [3.8, 4) is 0 Å². The maximum atomic E-state index is 4.34. The molecule has 0 aliphatic carbocycles. The molecule has 2 aromatic rings. The van der Waals surface area contributed by atoms with Gasteiger partial charge in [-0.05, 0) is 36.5 Å². The molecule has 0 bridgehead atoms. The first-order chi connectivity index (χ1) is 10.2. The van der Waals surface area contributed by atoms with Crippen LogP contribution in [0.1, 0.15) is 11.6 Å². The van der Waals surface area contributed by atoms with Gasteiger partial charge in [0.05, 0.1) is 6.20 Å². The number of rotatable bonds is 6. The number of nitrogens with zero attached hydrogens (tertiary/aromatic N) is 3. The van der Waals surface area contributed by atoms with Crippen LogP contribution in [0.4, 0.5) is 5.82 Å². The van der Waals surface area contributed by atoms with Crippen LogP contribution in [0, 0.1) is 5.92 Å². The van der Waals surface area contributed by atoms with E-state index >= 15 is 0 Å². The molecule has 1 aliphatic heterocycles. The Morgan fingerprint density at radius 3 is 3.19 bits per heavy atom. The molecule has 0 spiro atoms. The third kappa shape index (κ3) is 3.45. The normalized spacial score (nSPS) is 19.3. The number of hydrogen-bond donors (Lipinski definition) is 2. The molecular weight excluding hydrogens is 282 g/mol. The lowest BCUT2D eigenvalue weighted by atomic mass is 10.1. The van der Waals surface area contributed by atoms with E-state index in [9.17, 15) is 0 Å². The summed E-state index contributed by atoms with van der Waals surface area (Å²) in [6.07, 6.45) is 1.86. The summed E-state index contributed by atoms with van der Waals surface area (Å²) in [6, 6.07) is 4.69. The molecule has 2 N–H and O–H groups in total.